The van der Waals surface area contributed by atoms with Gasteiger partial charge in [0.05, 0.1) is 6.20 Å². The highest BCUT2D eigenvalue weighted by Gasteiger charge is 2.40. The summed E-state index contributed by atoms with van der Waals surface area (Å²) in [6.07, 6.45) is 3.78. The van der Waals surface area contributed by atoms with Crippen molar-refractivity contribution >= 4 is 17.4 Å². The molecule has 1 aromatic heterocycles. The summed E-state index contributed by atoms with van der Waals surface area (Å²) >= 11 is 5.91. The van der Waals surface area contributed by atoms with Crippen LogP contribution in [0.15, 0.2) is 48.1 Å². The van der Waals surface area contributed by atoms with E-state index in [9.17, 15) is 4.79 Å². The maximum atomic E-state index is 13.0. The number of carbonyl (C=O) groups excluding carboxylic acids is 1. The largest absolute Gasteiger partial charge is 0.385 e. The van der Waals surface area contributed by atoms with Crippen molar-refractivity contribution in [2.45, 2.75) is 20.4 Å². The van der Waals surface area contributed by atoms with Crippen LogP contribution in [-0.2, 0) is 13.6 Å². The van der Waals surface area contributed by atoms with Gasteiger partial charge >= 0.3 is 0 Å². The van der Waals surface area contributed by atoms with E-state index in [2.05, 4.69) is 5.10 Å². The van der Waals surface area contributed by atoms with Gasteiger partial charge in [-0.1, -0.05) is 25.4 Å². The first-order chi connectivity index (χ1) is 11.3. The lowest BCUT2D eigenvalue weighted by Gasteiger charge is -2.23. The Hall–Kier alpha value is -2.27. The summed E-state index contributed by atoms with van der Waals surface area (Å²) in [4.78, 5) is 15.0. The number of hydrogen-bond acceptors (Lipinski definition) is 4. The molecule has 1 aromatic carbocycles. The van der Waals surface area contributed by atoms with Crippen molar-refractivity contribution in [1.29, 1.82) is 0 Å². The van der Waals surface area contributed by atoms with Crippen LogP contribution in [0.2, 0.25) is 5.02 Å². The predicted molar refractivity (Wildman–Crippen MR) is 94.4 cm³/mol. The Morgan fingerprint density at radius 2 is 2.00 bits per heavy atom. The van der Waals surface area contributed by atoms with Crippen LogP contribution in [0.5, 0.6) is 0 Å². The topological polar surface area (TPSA) is 64.2 Å². The van der Waals surface area contributed by atoms with Gasteiger partial charge in [0.25, 0.3) is 0 Å². The Kier molecular flexibility index (Phi) is 4.13. The van der Waals surface area contributed by atoms with Gasteiger partial charge in [0.1, 0.15) is 5.82 Å². The minimum absolute atomic E-state index is 0.0390. The van der Waals surface area contributed by atoms with Crippen LogP contribution in [0.4, 0.5) is 0 Å². The maximum absolute atomic E-state index is 13.0. The summed E-state index contributed by atoms with van der Waals surface area (Å²) in [6, 6.07) is 6.93. The normalized spacial score (nSPS) is 16.8. The number of ketones is 1. The lowest BCUT2D eigenvalue weighted by molar-refractivity contribution is 0.101. The third-order valence-corrected chi connectivity index (χ3v) is 4.58. The maximum Gasteiger partial charge on any atom is 0.193 e. The first-order valence-corrected chi connectivity index (χ1v) is 8.19. The zero-order valence-corrected chi connectivity index (χ0v) is 14.8. The number of carbonyl (C=O) groups is 1. The molecule has 1 aliphatic rings. The SMILES string of the molecule is Cn1cc(CN2CC(C)(C)C(C(=O)c3ccc(Cl)cc3)=C2N)cn1. The van der Waals surface area contributed by atoms with Gasteiger partial charge < -0.3 is 10.6 Å². The number of hydrogen-bond donors (Lipinski definition) is 1. The van der Waals surface area contributed by atoms with Crippen molar-refractivity contribution in [3.05, 3.63) is 64.2 Å². The van der Waals surface area contributed by atoms with Gasteiger partial charge in [-0.3, -0.25) is 9.48 Å². The van der Waals surface area contributed by atoms with E-state index in [1.807, 2.05) is 38.2 Å². The Balaban J connectivity index is 1.91. The second kappa shape index (κ2) is 5.98. The molecule has 0 fully saturated rings. The molecule has 2 N–H and O–H groups in total. The van der Waals surface area contributed by atoms with Gasteiger partial charge in [-0.2, -0.15) is 5.10 Å². The fourth-order valence-corrected chi connectivity index (χ4v) is 3.36. The fourth-order valence-electron chi connectivity index (χ4n) is 3.23. The van der Waals surface area contributed by atoms with E-state index >= 15 is 0 Å². The van der Waals surface area contributed by atoms with Crippen molar-refractivity contribution in [2.75, 3.05) is 6.54 Å². The molecule has 24 heavy (non-hydrogen) atoms. The van der Waals surface area contributed by atoms with Gasteiger partial charge in [-0.15, -0.1) is 0 Å². The number of nitrogens with zero attached hydrogens (tertiary/aromatic N) is 3. The van der Waals surface area contributed by atoms with Crippen LogP contribution in [0.25, 0.3) is 0 Å². The van der Waals surface area contributed by atoms with Crippen molar-refractivity contribution in [2.24, 2.45) is 18.2 Å². The number of halogens is 1. The van der Waals surface area contributed by atoms with Crippen LogP contribution in [0.1, 0.15) is 29.8 Å². The van der Waals surface area contributed by atoms with Gasteiger partial charge in [0.15, 0.2) is 5.78 Å². The number of aryl methyl sites for hydroxylation is 1. The third-order valence-electron chi connectivity index (χ3n) is 4.33. The van der Waals surface area contributed by atoms with Crippen LogP contribution in [-0.4, -0.2) is 27.0 Å². The molecular formula is C18H21ClN4O. The van der Waals surface area contributed by atoms with E-state index in [0.717, 1.165) is 5.56 Å². The molecule has 0 spiro atoms. The molecule has 0 bridgehead atoms. The molecule has 0 saturated heterocycles. The summed E-state index contributed by atoms with van der Waals surface area (Å²) in [7, 11) is 1.88. The summed E-state index contributed by atoms with van der Waals surface area (Å²) < 4.78 is 1.76. The van der Waals surface area contributed by atoms with Crippen LogP contribution in [0.3, 0.4) is 0 Å². The molecule has 0 amide bonds. The Bertz CT molecular complexity index is 805. The summed E-state index contributed by atoms with van der Waals surface area (Å²) in [5.41, 5.74) is 8.37. The lowest BCUT2D eigenvalue weighted by Crippen LogP contribution is -2.27. The lowest BCUT2D eigenvalue weighted by atomic mass is 9.82. The van der Waals surface area contributed by atoms with Gasteiger partial charge in [-0.05, 0) is 24.3 Å². The van der Waals surface area contributed by atoms with E-state index in [1.54, 1.807) is 28.9 Å². The van der Waals surface area contributed by atoms with Gasteiger partial charge in [0, 0.05) is 53.5 Å². The average Bonchev–Trinajstić information content (AvgIpc) is 3.00. The molecule has 3 rings (SSSR count). The molecule has 0 unspecified atom stereocenters. The fraction of sp³-hybridized carbons (Fsp3) is 0.333. The van der Waals surface area contributed by atoms with E-state index in [1.165, 1.54) is 0 Å². The quantitative estimate of drug-likeness (QED) is 0.866. The Morgan fingerprint density at radius 3 is 2.58 bits per heavy atom. The number of benzene rings is 1. The Labute approximate surface area is 146 Å². The number of nitrogens with two attached hydrogens (primary N) is 1. The molecule has 1 aliphatic heterocycles. The highest BCUT2D eigenvalue weighted by molar-refractivity contribution is 6.30. The molecular weight excluding hydrogens is 324 g/mol. The molecule has 0 radical (unpaired) electrons. The molecule has 2 aromatic rings. The zero-order valence-electron chi connectivity index (χ0n) is 14.1. The van der Waals surface area contributed by atoms with E-state index < -0.39 is 0 Å². The van der Waals surface area contributed by atoms with Crippen molar-refractivity contribution in [1.82, 2.24) is 14.7 Å². The van der Waals surface area contributed by atoms with Gasteiger partial charge in [-0.25, -0.2) is 0 Å². The van der Waals surface area contributed by atoms with Crippen LogP contribution < -0.4 is 5.73 Å². The smallest absolute Gasteiger partial charge is 0.193 e. The molecule has 0 aliphatic carbocycles. The van der Waals surface area contributed by atoms with Crippen molar-refractivity contribution < 1.29 is 4.79 Å². The highest BCUT2D eigenvalue weighted by Crippen LogP contribution is 2.39. The van der Waals surface area contributed by atoms with E-state index in [4.69, 9.17) is 17.3 Å². The number of aromatic nitrogens is 2. The summed E-state index contributed by atoms with van der Waals surface area (Å²) in [5, 5.41) is 4.79. The molecule has 2 heterocycles. The molecule has 5 nitrogen and oxygen atoms in total. The average molecular weight is 345 g/mol. The van der Waals surface area contributed by atoms with E-state index in [0.29, 0.717) is 35.1 Å². The predicted octanol–water partition coefficient (Wildman–Crippen LogP) is 2.97. The third kappa shape index (κ3) is 3.04. The minimum Gasteiger partial charge on any atom is -0.385 e. The van der Waals surface area contributed by atoms with Crippen LogP contribution >= 0.6 is 11.6 Å². The second-order valence-electron chi connectivity index (χ2n) is 6.86. The first-order valence-electron chi connectivity index (χ1n) is 7.81. The molecule has 126 valence electrons. The van der Waals surface area contributed by atoms with Crippen molar-refractivity contribution in [3.8, 4) is 0 Å². The number of rotatable bonds is 4. The Morgan fingerprint density at radius 1 is 1.33 bits per heavy atom. The zero-order chi connectivity index (χ0) is 17.5. The van der Waals surface area contributed by atoms with Crippen molar-refractivity contribution in [3.63, 3.8) is 0 Å². The van der Waals surface area contributed by atoms with Gasteiger partial charge in [0.2, 0.25) is 0 Å². The molecule has 0 saturated carbocycles. The summed E-state index contributed by atoms with van der Waals surface area (Å²) in [5.74, 6) is 0.506. The summed E-state index contributed by atoms with van der Waals surface area (Å²) in [6.45, 7) is 5.43. The number of Topliss-reactive ketones (excluding diaryl/α,β-unsaturated/α-hetero) is 1. The highest BCUT2D eigenvalue weighted by atomic mass is 35.5. The monoisotopic (exact) mass is 344 g/mol. The molecule has 0 atom stereocenters. The first kappa shape index (κ1) is 16.6. The minimum atomic E-state index is -0.316. The van der Waals surface area contributed by atoms with Crippen LogP contribution in [0, 0.1) is 5.41 Å². The second-order valence-corrected chi connectivity index (χ2v) is 7.29. The van der Waals surface area contributed by atoms with E-state index in [-0.39, 0.29) is 11.2 Å². The molecule has 6 heteroatoms. The standard InChI is InChI=1S/C18H21ClN4O/c1-18(2)11-23(10-12-8-21-22(3)9-12)17(20)15(18)16(24)13-4-6-14(19)7-5-13/h4-9H,10-11,20H2,1-3H3.